The van der Waals surface area contributed by atoms with Crippen molar-refractivity contribution in [3.63, 3.8) is 0 Å². The molecule has 6 nitrogen and oxygen atoms in total. The summed E-state index contributed by atoms with van der Waals surface area (Å²) in [5.41, 5.74) is 3.28. The van der Waals surface area contributed by atoms with Gasteiger partial charge in [0.05, 0.1) is 31.1 Å². The van der Waals surface area contributed by atoms with Gasteiger partial charge in [-0.15, -0.1) is 0 Å². The fourth-order valence-corrected chi connectivity index (χ4v) is 4.08. The lowest BCUT2D eigenvalue weighted by atomic mass is 10.0. The minimum atomic E-state index is -0.427. The smallest absolute Gasteiger partial charge is 0.414 e. The summed E-state index contributed by atoms with van der Waals surface area (Å²) in [5.74, 6) is 0.431. The number of hydrogen-bond acceptors (Lipinski definition) is 5. The molecule has 1 fully saturated rings. The number of pyridine rings is 1. The first kappa shape index (κ1) is 22.0. The third-order valence-electron chi connectivity index (χ3n) is 5.87. The molecule has 1 aliphatic rings. The number of nitrogens with zero attached hydrogens (tertiary/aromatic N) is 3. The van der Waals surface area contributed by atoms with E-state index >= 15 is 0 Å². The number of rotatable bonds is 8. The first-order chi connectivity index (χ1) is 15.4. The summed E-state index contributed by atoms with van der Waals surface area (Å²) in [5, 5.41) is 1.11. The summed E-state index contributed by atoms with van der Waals surface area (Å²) >= 11 is 0. The Bertz CT molecular complexity index is 1120. The second-order valence-electron chi connectivity index (χ2n) is 8.27. The summed E-state index contributed by atoms with van der Waals surface area (Å²) in [6, 6.07) is 13.0. The van der Waals surface area contributed by atoms with Crippen LogP contribution in [0.1, 0.15) is 17.5 Å². The number of hydrogen-bond donors (Lipinski definition) is 0. The number of benzene rings is 2. The van der Waals surface area contributed by atoms with Gasteiger partial charge in [-0.3, -0.25) is 9.88 Å². The molecule has 1 saturated heterocycles. The van der Waals surface area contributed by atoms with Crippen molar-refractivity contribution in [1.29, 1.82) is 0 Å². The second kappa shape index (κ2) is 9.53. The lowest BCUT2D eigenvalue weighted by Gasteiger charge is -2.20. The molecule has 0 saturated carbocycles. The number of amides is 1. The minimum absolute atomic E-state index is 0.247. The third-order valence-corrected chi connectivity index (χ3v) is 5.87. The maximum Gasteiger partial charge on any atom is 0.414 e. The van der Waals surface area contributed by atoms with E-state index in [-0.39, 0.29) is 11.9 Å². The molecular formula is C25H28FN3O3. The van der Waals surface area contributed by atoms with E-state index in [9.17, 15) is 9.18 Å². The van der Waals surface area contributed by atoms with Gasteiger partial charge in [-0.05, 0) is 68.8 Å². The van der Waals surface area contributed by atoms with E-state index in [1.807, 2.05) is 25.2 Å². The van der Waals surface area contributed by atoms with E-state index < -0.39 is 6.09 Å². The van der Waals surface area contributed by atoms with Crippen molar-refractivity contribution in [2.75, 3.05) is 38.7 Å². The number of halogens is 1. The number of aryl methyl sites for hydroxylation is 2. The van der Waals surface area contributed by atoms with Crippen LogP contribution >= 0.6 is 0 Å². The molecule has 1 atom stereocenters. The van der Waals surface area contributed by atoms with Gasteiger partial charge in [0.1, 0.15) is 17.7 Å². The lowest BCUT2D eigenvalue weighted by molar-refractivity contribution is 0.117. The number of carbonyl (C=O) groups excluding carboxylic acids is 1. The summed E-state index contributed by atoms with van der Waals surface area (Å²) in [6.07, 6.45) is 2.93. The van der Waals surface area contributed by atoms with Crippen LogP contribution < -0.4 is 9.64 Å². The predicted octanol–water partition coefficient (Wildman–Crippen LogP) is 4.58. The normalized spacial score (nSPS) is 16.1. The van der Waals surface area contributed by atoms with Gasteiger partial charge in [-0.2, -0.15) is 0 Å². The van der Waals surface area contributed by atoms with Crippen molar-refractivity contribution in [2.24, 2.45) is 0 Å². The van der Waals surface area contributed by atoms with Gasteiger partial charge >= 0.3 is 6.09 Å². The molecule has 4 rings (SSSR count). The predicted molar refractivity (Wildman–Crippen MR) is 123 cm³/mol. The minimum Gasteiger partial charge on any atom is -0.495 e. The summed E-state index contributed by atoms with van der Waals surface area (Å²) < 4.78 is 24.7. The Labute approximate surface area is 187 Å². The molecule has 1 aliphatic heterocycles. The molecule has 0 spiro atoms. The van der Waals surface area contributed by atoms with E-state index in [0.29, 0.717) is 24.3 Å². The summed E-state index contributed by atoms with van der Waals surface area (Å²) in [6.45, 7) is 3.60. The summed E-state index contributed by atoms with van der Waals surface area (Å²) in [7, 11) is 3.67. The van der Waals surface area contributed by atoms with E-state index in [1.54, 1.807) is 32.4 Å². The fraction of sp³-hybridized carbons (Fsp3) is 0.360. The van der Waals surface area contributed by atoms with Crippen LogP contribution in [0.4, 0.5) is 14.9 Å². The maximum atomic E-state index is 13.9. The third kappa shape index (κ3) is 4.83. The van der Waals surface area contributed by atoms with Crippen LogP contribution in [0.2, 0.25) is 0 Å². The average Bonchev–Trinajstić information content (AvgIpc) is 3.15. The van der Waals surface area contributed by atoms with Crippen LogP contribution in [0.15, 0.2) is 48.7 Å². The van der Waals surface area contributed by atoms with Gasteiger partial charge in [0.2, 0.25) is 0 Å². The molecule has 0 N–H and O–H groups in total. The molecule has 0 aliphatic carbocycles. The number of anilines is 1. The van der Waals surface area contributed by atoms with Crippen LogP contribution in [0.5, 0.6) is 5.75 Å². The molecule has 1 aromatic heterocycles. The standard InChI is InChI=1S/C25H28FN3O3/c1-17-9-10-19(12-23(17)26)29-16-21(32-25(29)30)15-28(2)11-5-7-18-6-4-8-24-22(18)13-20(31-3)14-27-24/h4,6,8-10,12-14,21H,5,7,11,15-16H2,1-3H3/t21-/m0/s1. The van der Waals surface area contributed by atoms with Crippen LogP contribution in [0.25, 0.3) is 10.9 Å². The zero-order valence-electron chi connectivity index (χ0n) is 18.7. The van der Waals surface area contributed by atoms with Gasteiger partial charge in [-0.25, -0.2) is 9.18 Å². The Kier molecular flexibility index (Phi) is 6.55. The largest absolute Gasteiger partial charge is 0.495 e. The fourth-order valence-electron chi connectivity index (χ4n) is 4.08. The molecule has 2 aromatic carbocycles. The van der Waals surface area contributed by atoms with Crippen molar-refractivity contribution in [3.8, 4) is 5.75 Å². The zero-order chi connectivity index (χ0) is 22.7. The quantitative estimate of drug-likeness (QED) is 0.516. The molecule has 0 unspecified atom stereocenters. The van der Waals surface area contributed by atoms with Crippen LogP contribution in [0.3, 0.4) is 0 Å². The highest BCUT2D eigenvalue weighted by atomic mass is 19.1. The van der Waals surface area contributed by atoms with Crippen molar-refractivity contribution in [2.45, 2.75) is 25.9 Å². The average molecular weight is 438 g/mol. The van der Waals surface area contributed by atoms with Gasteiger partial charge in [-0.1, -0.05) is 18.2 Å². The molecule has 1 amide bonds. The molecule has 0 bridgehead atoms. The zero-order valence-corrected chi connectivity index (χ0v) is 18.7. The van der Waals surface area contributed by atoms with E-state index in [1.165, 1.54) is 16.5 Å². The number of fused-ring (bicyclic) bond motifs is 1. The molecule has 3 aromatic rings. The first-order valence-electron chi connectivity index (χ1n) is 10.8. The van der Waals surface area contributed by atoms with Crippen molar-refractivity contribution >= 4 is 22.7 Å². The highest BCUT2D eigenvalue weighted by Crippen LogP contribution is 2.25. The lowest BCUT2D eigenvalue weighted by Crippen LogP contribution is -2.33. The van der Waals surface area contributed by atoms with E-state index in [2.05, 4.69) is 16.0 Å². The second-order valence-corrected chi connectivity index (χ2v) is 8.27. The number of likely N-dealkylation sites (N-methyl/N-ethyl adjacent to an activating group) is 1. The van der Waals surface area contributed by atoms with Crippen LogP contribution in [-0.4, -0.2) is 55.9 Å². The van der Waals surface area contributed by atoms with E-state index in [0.717, 1.165) is 36.0 Å². The highest BCUT2D eigenvalue weighted by Gasteiger charge is 2.33. The SMILES string of the molecule is COc1cnc2cccc(CCCN(C)C[C@H]3CN(c4ccc(C)c(F)c4)C(=O)O3)c2c1. The number of methoxy groups -OCH3 is 1. The molecular weight excluding hydrogens is 409 g/mol. The highest BCUT2D eigenvalue weighted by molar-refractivity contribution is 5.89. The topological polar surface area (TPSA) is 54.9 Å². The molecule has 0 radical (unpaired) electrons. The molecule has 2 heterocycles. The molecule has 168 valence electrons. The Morgan fingerprint density at radius 3 is 2.91 bits per heavy atom. The van der Waals surface area contributed by atoms with Gasteiger partial charge in [0.15, 0.2) is 0 Å². The Hall–Kier alpha value is -3.19. The van der Waals surface area contributed by atoms with Crippen LogP contribution in [0, 0.1) is 12.7 Å². The van der Waals surface area contributed by atoms with Gasteiger partial charge < -0.3 is 14.4 Å². The Morgan fingerprint density at radius 1 is 1.28 bits per heavy atom. The maximum absolute atomic E-state index is 13.9. The van der Waals surface area contributed by atoms with Crippen molar-refractivity contribution in [1.82, 2.24) is 9.88 Å². The number of ether oxygens (including phenoxy) is 2. The number of cyclic esters (lactones) is 1. The van der Waals surface area contributed by atoms with Crippen molar-refractivity contribution < 1.29 is 18.7 Å². The Balaban J connectivity index is 1.31. The van der Waals surface area contributed by atoms with Gasteiger partial charge in [0.25, 0.3) is 0 Å². The van der Waals surface area contributed by atoms with Crippen molar-refractivity contribution in [3.05, 3.63) is 65.6 Å². The number of aromatic nitrogens is 1. The number of carbonyl (C=O) groups is 1. The molecule has 32 heavy (non-hydrogen) atoms. The first-order valence-corrected chi connectivity index (χ1v) is 10.8. The Morgan fingerprint density at radius 2 is 2.12 bits per heavy atom. The molecule has 7 heteroatoms. The monoisotopic (exact) mass is 437 g/mol. The van der Waals surface area contributed by atoms with E-state index in [4.69, 9.17) is 9.47 Å². The van der Waals surface area contributed by atoms with Gasteiger partial charge in [0, 0.05) is 11.9 Å². The van der Waals surface area contributed by atoms with Crippen LogP contribution in [-0.2, 0) is 11.2 Å². The summed E-state index contributed by atoms with van der Waals surface area (Å²) in [4.78, 5) is 20.4.